The molecule has 1 fully saturated rings. The van der Waals surface area contributed by atoms with Crippen molar-refractivity contribution in [2.75, 3.05) is 6.54 Å². The summed E-state index contributed by atoms with van der Waals surface area (Å²) in [5, 5.41) is 3.83. The molecule has 0 aromatic heterocycles. The van der Waals surface area contributed by atoms with Crippen LogP contribution >= 0.6 is 11.6 Å². The molecule has 2 rings (SSSR count). The summed E-state index contributed by atoms with van der Waals surface area (Å²) >= 11 is 5.90. The van der Waals surface area contributed by atoms with Crippen LogP contribution in [-0.2, 0) is 0 Å². The van der Waals surface area contributed by atoms with Crippen molar-refractivity contribution in [2.24, 2.45) is 0 Å². The molecular weight excluding hydrogens is 248 g/mol. The van der Waals surface area contributed by atoms with E-state index in [1.807, 2.05) is 0 Å². The predicted octanol–water partition coefficient (Wildman–Crippen LogP) is 3.76. The van der Waals surface area contributed by atoms with Gasteiger partial charge < -0.3 is 10.1 Å². The zero-order chi connectivity index (χ0) is 12.3. The lowest BCUT2D eigenvalue weighted by molar-refractivity contribution is -0.0507. The van der Waals surface area contributed by atoms with Gasteiger partial charge in [-0.25, -0.2) is 0 Å². The summed E-state index contributed by atoms with van der Waals surface area (Å²) in [6, 6.07) is 4.81. The van der Waals surface area contributed by atoms with Crippen LogP contribution in [0.4, 0.5) is 8.78 Å². The molecule has 1 unspecified atom stereocenters. The number of benzene rings is 1. The van der Waals surface area contributed by atoms with Gasteiger partial charge in [0.2, 0.25) is 0 Å². The molecule has 1 atom stereocenters. The number of piperidine rings is 1. The lowest BCUT2D eigenvalue weighted by Crippen LogP contribution is -2.27. The number of nitrogens with one attached hydrogen (secondary N) is 1. The minimum Gasteiger partial charge on any atom is -0.434 e. The molecular formula is C12H14ClF2NO. The zero-order valence-electron chi connectivity index (χ0n) is 9.26. The normalized spacial score (nSPS) is 20.6. The van der Waals surface area contributed by atoms with Crippen molar-refractivity contribution >= 4 is 11.6 Å². The van der Waals surface area contributed by atoms with Gasteiger partial charge in [0, 0.05) is 16.6 Å². The van der Waals surface area contributed by atoms with Crippen molar-refractivity contribution in [3.05, 3.63) is 28.8 Å². The van der Waals surface area contributed by atoms with Gasteiger partial charge in [-0.05, 0) is 37.6 Å². The molecule has 1 saturated heterocycles. The van der Waals surface area contributed by atoms with Gasteiger partial charge in [0.1, 0.15) is 5.75 Å². The third kappa shape index (κ3) is 3.30. The molecule has 0 aliphatic carbocycles. The van der Waals surface area contributed by atoms with E-state index in [-0.39, 0.29) is 11.8 Å². The van der Waals surface area contributed by atoms with Crippen LogP contribution in [0.5, 0.6) is 5.75 Å². The minimum atomic E-state index is -2.81. The van der Waals surface area contributed by atoms with E-state index >= 15 is 0 Å². The SMILES string of the molecule is FC(F)Oc1ccc(Cl)cc1C1CCCCN1. The Labute approximate surface area is 104 Å². The molecule has 1 aliphatic heterocycles. The third-order valence-corrected chi connectivity index (χ3v) is 3.11. The highest BCUT2D eigenvalue weighted by Crippen LogP contribution is 2.33. The van der Waals surface area contributed by atoms with E-state index in [0.717, 1.165) is 31.4 Å². The van der Waals surface area contributed by atoms with E-state index in [4.69, 9.17) is 11.6 Å². The van der Waals surface area contributed by atoms with E-state index in [9.17, 15) is 8.78 Å². The van der Waals surface area contributed by atoms with E-state index in [1.165, 1.54) is 6.07 Å². The van der Waals surface area contributed by atoms with Crippen molar-refractivity contribution in [1.29, 1.82) is 0 Å². The number of hydrogen-bond acceptors (Lipinski definition) is 2. The molecule has 5 heteroatoms. The van der Waals surface area contributed by atoms with Crippen LogP contribution in [0.15, 0.2) is 18.2 Å². The predicted molar refractivity (Wildman–Crippen MR) is 62.7 cm³/mol. The molecule has 0 spiro atoms. The van der Waals surface area contributed by atoms with Crippen molar-refractivity contribution in [1.82, 2.24) is 5.32 Å². The number of alkyl halides is 2. The maximum atomic E-state index is 12.3. The highest BCUT2D eigenvalue weighted by molar-refractivity contribution is 6.30. The molecule has 1 aromatic rings. The van der Waals surface area contributed by atoms with Crippen LogP contribution in [0.3, 0.4) is 0 Å². The fourth-order valence-corrected chi connectivity index (χ4v) is 2.29. The molecule has 0 amide bonds. The Morgan fingerprint density at radius 3 is 2.82 bits per heavy atom. The lowest BCUT2D eigenvalue weighted by atomic mass is 9.97. The van der Waals surface area contributed by atoms with Gasteiger partial charge in [-0.3, -0.25) is 0 Å². The summed E-state index contributed by atoms with van der Waals surface area (Å²) < 4.78 is 29.1. The first kappa shape index (κ1) is 12.6. The van der Waals surface area contributed by atoms with Gasteiger partial charge in [-0.1, -0.05) is 18.0 Å². The Hall–Kier alpha value is -0.870. The summed E-state index contributed by atoms with van der Waals surface area (Å²) in [5.74, 6) is 0.212. The van der Waals surface area contributed by atoms with Crippen LogP contribution in [0.25, 0.3) is 0 Å². The summed E-state index contributed by atoms with van der Waals surface area (Å²) in [6.07, 6.45) is 3.11. The molecule has 0 saturated carbocycles. The molecule has 17 heavy (non-hydrogen) atoms. The van der Waals surface area contributed by atoms with Gasteiger partial charge in [0.15, 0.2) is 0 Å². The maximum absolute atomic E-state index is 12.3. The Kier molecular flexibility index (Phi) is 4.18. The molecule has 1 aromatic carbocycles. The van der Waals surface area contributed by atoms with Crippen LogP contribution < -0.4 is 10.1 Å². The molecule has 1 heterocycles. The van der Waals surface area contributed by atoms with Gasteiger partial charge >= 0.3 is 6.61 Å². The summed E-state index contributed by atoms with van der Waals surface area (Å²) in [4.78, 5) is 0. The van der Waals surface area contributed by atoms with Crippen LogP contribution in [-0.4, -0.2) is 13.2 Å². The van der Waals surface area contributed by atoms with Crippen molar-refractivity contribution in [3.63, 3.8) is 0 Å². The highest BCUT2D eigenvalue weighted by Gasteiger charge is 2.20. The monoisotopic (exact) mass is 261 g/mol. The van der Waals surface area contributed by atoms with Crippen molar-refractivity contribution in [3.8, 4) is 5.75 Å². The largest absolute Gasteiger partial charge is 0.434 e. The fraction of sp³-hybridized carbons (Fsp3) is 0.500. The molecule has 2 nitrogen and oxygen atoms in total. The Morgan fingerprint density at radius 1 is 1.35 bits per heavy atom. The van der Waals surface area contributed by atoms with Gasteiger partial charge in [-0.15, -0.1) is 0 Å². The summed E-state index contributed by atoms with van der Waals surface area (Å²) in [6.45, 7) is -1.91. The lowest BCUT2D eigenvalue weighted by Gasteiger charge is -2.25. The quantitative estimate of drug-likeness (QED) is 0.895. The van der Waals surface area contributed by atoms with Gasteiger partial charge in [0.05, 0.1) is 0 Å². The number of rotatable bonds is 3. The van der Waals surface area contributed by atoms with E-state index in [0.29, 0.717) is 5.02 Å². The second-order valence-electron chi connectivity index (χ2n) is 4.06. The molecule has 94 valence electrons. The standard InChI is InChI=1S/C12H14ClF2NO/c13-8-4-5-11(17-12(14)15)9(7-8)10-3-1-2-6-16-10/h4-5,7,10,12,16H,1-3,6H2. The molecule has 1 N–H and O–H groups in total. The Morgan fingerprint density at radius 2 is 2.18 bits per heavy atom. The van der Waals surface area contributed by atoms with E-state index < -0.39 is 6.61 Å². The highest BCUT2D eigenvalue weighted by atomic mass is 35.5. The second kappa shape index (κ2) is 5.65. The molecule has 0 radical (unpaired) electrons. The van der Waals surface area contributed by atoms with Gasteiger partial charge in [-0.2, -0.15) is 8.78 Å². The van der Waals surface area contributed by atoms with E-state index in [2.05, 4.69) is 10.1 Å². The first-order valence-electron chi connectivity index (χ1n) is 5.64. The number of hydrogen-bond donors (Lipinski definition) is 1. The average Bonchev–Trinajstić information content (AvgIpc) is 2.32. The third-order valence-electron chi connectivity index (χ3n) is 2.87. The Balaban J connectivity index is 2.25. The minimum absolute atomic E-state index is 0.0520. The summed E-state index contributed by atoms with van der Waals surface area (Å²) in [7, 11) is 0. The molecule has 0 bridgehead atoms. The smallest absolute Gasteiger partial charge is 0.387 e. The second-order valence-corrected chi connectivity index (χ2v) is 4.50. The zero-order valence-corrected chi connectivity index (χ0v) is 10.0. The first-order chi connectivity index (χ1) is 8.16. The van der Waals surface area contributed by atoms with Gasteiger partial charge in [0.25, 0.3) is 0 Å². The topological polar surface area (TPSA) is 21.3 Å². The first-order valence-corrected chi connectivity index (χ1v) is 6.02. The van der Waals surface area contributed by atoms with Crippen LogP contribution in [0.2, 0.25) is 5.02 Å². The Bertz CT molecular complexity index is 381. The van der Waals surface area contributed by atoms with Crippen molar-refractivity contribution in [2.45, 2.75) is 31.9 Å². The van der Waals surface area contributed by atoms with Crippen molar-refractivity contribution < 1.29 is 13.5 Å². The van der Waals surface area contributed by atoms with Crippen LogP contribution in [0, 0.1) is 0 Å². The molecule has 1 aliphatic rings. The van der Waals surface area contributed by atoms with E-state index in [1.54, 1.807) is 12.1 Å². The summed E-state index contributed by atoms with van der Waals surface area (Å²) in [5.41, 5.74) is 0.720. The fourth-order valence-electron chi connectivity index (χ4n) is 2.11. The average molecular weight is 262 g/mol. The maximum Gasteiger partial charge on any atom is 0.387 e. The number of halogens is 3. The van der Waals surface area contributed by atoms with Crippen LogP contribution in [0.1, 0.15) is 30.9 Å². The number of ether oxygens (including phenoxy) is 1.